The fourth-order valence-corrected chi connectivity index (χ4v) is 4.96. The van der Waals surface area contributed by atoms with Crippen molar-refractivity contribution in [3.8, 4) is 0 Å². The number of hydrogen-bond donors (Lipinski definition) is 1. The Kier molecular flexibility index (Phi) is 3.78. The lowest BCUT2D eigenvalue weighted by Crippen LogP contribution is -3.17. The maximum absolute atomic E-state index is 12.6. The van der Waals surface area contributed by atoms with E-state index in [0.29, 0.717) is 24.2 Å². The molecule has 2 aliphatic carbocycles. The molecule has 0 aromatic carbocycles. The van der Waals surface area contributed by atoms with Gasteiger partial charge in [-0.2, -0.15) is 0 Å². The van der Waals surface area contributed by atoms with Crippen LogP contribution >= 0.6 is 0 Å². The van der Waals surface area contributed by atoms with Crippen LogP contribution in [0, 0.1) is 32.1 Å². The van der Waals surface area contributed by atoms with Gasteiger partial charge in [0.05, 0.1) is 7.05 Å². The molecule has 130 valence electrons. The standard InChI is InChI=1S/C15H19N3O6/c1-16-8-14(17(21)22)7-6-12(20)15(9-16,18(23)24)13(14)10-4-2-3-5-11(10)19/h6-7,10,13H,2-5,8-9H2,1H3/p+1. The van der Waals surface area contributed by atoms with Crippen LogP contribution in [0.15, 0.2) is 12.2 Å². The zero-order chi connectivity index (χ0) is 17.7. The minimum absolute atomic E-state index is 0.0355. The summed E-state index contributed by atoms with van der Waals surface area (Å²) in [4.78, 5) is 48.3. The number of likely N-dealkylation sites (tertiary alicyclic amines) is 1. The fourth-order valence-electron chi connectivity index (χ4n) is 4.96. The largest absolute Gasteiger partial charge is 0.341 e. The van der Waals surface area contributed by atoms with Crippen molar-refractivity contribution in [1.82, 2.24) is 0 Å². The summed E-state index contributed by atoms with van der Waals surface area (Å²) in [5.74, 6) is -2.95. The third-order valence-electron chi connectivity index (χ3n) is 5.83. The first-order chi connectivity index (χ1) is 11.3. The number of carbonyl (C=O) groups is 2. The van der Waals surface area contributed by atoms with E-state index in [1.807, 2.05) is 0 Å². The van der Waals surface area contributed by atoms with Gasteiger partial charge in [0.1, 0.15) is 11.7 Å². The lowest BCUT2D eigenvalue weighted by atomic mass is 9.55. The number of piperidine rings is 1. The average molecular weight is 338 g/mol. The van der Waals surface area contributed by atoms with Gasteiger partial charge < -0.3 is 4.90 Å². The first kappa shape index (κ1) is 16.7. The van der Waals surface area contributed by atoms with Crippen LogP contribution in [-0.4, -0.2) is 52.6 Å². The second-order valence-electron chi connectivity index (χ2n) is 7.23. The van der Waals surface area contributed by atoms with Crippen molar-refractivity contribution in [1.29, 1.82) is 0 Å². The number of carbonyl (C=O) groups excluding carboxylic acids is 2. The van der Waals surface area contributed by atoms with Gasteiger partial charge in [0.25, 0.3) is 5.54 Å². The highest BCUT2D eigenvalue weighted by Gasteiger charge is 2.78. The van der Waals surface area contributed by atoms with Crippen LogP contribution in [-0.2, 0) is 9.59 Å². The second kappa shape index (κ2) is 5.44. The molecule has 24 heavy (non-hydrogen) atoms. The minimum atomic E-state index is -2.10. The van der Waals surface area contributed by atoms with Crippen molar-refractivity contribution < 1.29 is 24.3 Å². The Morgan fingerprint density at radius 2 is 1.88 bits per heavy atom. The molecule has 5 unspecified atom stereocenters. The predicted molar refractivity (Wildman–Crippen MR) is 80.7 cm³/mol. The Labute approximate surface area is 138 Å². The quantitative estimate of drug-likeness (QED) is 0.523. The molecule has 0 aromatic rings. The van der Waals surface area contributed by atoms with Gasteiger partial charge >= 0.3 is 5.54 Å². The topological polar surface area (TPSA) is 125 Å². The van der Waals surface area contributed by atoms with Gasteiger partial charge in [0, 0.05) is 28.3 Å². The number of Topliss-reactive ketones (excluding diaryl/α,β-unsaturated/α-hetero) is 1. The van der Waals surface area contributed by atoms with E-state index in [1.54, 1.807) is 7.05 Å². The smallest absolute Gasteiger partial charge is 0.325 e. The van der Waals surface area contributed by atoms with Gasteiger partial charge in [-0.15, -0.1) is 0 Å². The van der Waals surface area contributed by atoms with Crippen molar-refractivity contribution in [3.05, 3.63) is 32.4 Å². The summed E-state index contributed by atoms with van der Waals surface area (Å²) in [6.07, 6.45) is 4.20. The molecule has 0 aromatic heterocycles. The summed E-state index contributed by atoms with van der Waals surface area (Å²) in [7, 11) is 1.61. The lowest BCUT2D eigenvalue weighted by Gasteiger charge is -2.48. The average Bonchev–Trinajstić information content (AvgIpc) is 2.51. The van der Waals surface area contributed by atoms with Gasteiger partial charge in [-0.1, -0.05) is 6.42 Å². The molecule has 2 fully saturated rings. The SMILES string of the molecule is C[NH+]1CC2([N+](=O)[O-])C=CC(=O)C([N+](=O)[O-])(C1)C2C1CCCCC1=O. The number of ketones is 2. The van der Waals surface area contributed by atoms with Gasteiger partial charge in [0.15, 0.2) is 13.1 Å². The van der Waals surface area contributed by atoms with E-state index >= 15 is 0 Å². The lowest BCUT2D eigenvalue weighted by molar-refractivity contribution is -0.927. The highest BCUT2D eigenvalue weighted by molar-refractivity contribution is 5.99. The number of quaternary nitrogens is 1. The number of fused-ring (bicyclic) bond motifs is 2. The number of nitrogens with zero attached hydrogens (tertiary/aromatic N) is 2. The molecular weight excluding hydrogens is 318 g/mol. The van der Waals surface area contributed by atoms with Crippen LogP contribution in [0.4, 0.5) is 0 Å². The normalized spacial score (nSPS) is 42.0. The molecule has 1 heterocycles. The Balaban J connectivity index is 2.25. The van der Waals surface area contributed by atoms with E-state index in [1.165, 1.54) is 6.08 Å². The Morgan fingerprint density at radius 1 is 1.17 bits per heavy atom. The number of nitro groups is 2. The highest BCUT2D eigenvalue weighted by atomic mass is 16.6. The van der Waals surface area contributed by atoms with Crippen LogP contribution in [0.1, 0.15) is 25.7 Å². The van der Waals surface area contributed by atoms with E-state index in [9.17, 15) is 29.8 Å². The fraction of sp³-hybridized carbons (Fsp3) is 0.733. The number of nitrogens with one attached hydrogen (secondary N) is 1. The number of rotatable bonds is 3. The van der Waals surface area contributed by atoms with Crippen molar-refractivity contribution in [2.45, 2.75) is 36.8 Å². The Bertz CT molecular complexity index is 662. The molecule has 1 saturated heterocycles. The molecule has 0 radical (unpaired) electrons. The molecule has 1 aliphatic heterocycles. The molecule has 1 saturated carbocycles. The third kappa shape index (κ3) is 2.03. The molecule has 2 bridgehead atoms. The highest BCUT2D eigenvalue weighted by Crippen LogP contribution is 2.47. The van der Waals surface area contributed by atoms with Crippen LogP contribution in [0.2, 0.25) is 0 Å². The van der Waals surface area contributed by atoms with Gasteiger partial charge in [0.2, 0.25) is 5.78 Å². The maximum Gasteiger partial charge on any atom is 0.341 e. The summed E-state index contributed by atoms with van der Waals surface area (Å²) in [5, 5.41) is 23.9. The maximum atomic E-state index is 12.6. The monoisotopic (exact) mass is 338 g/mol. The second-order valence-corrected chi connectivity index (χ2v) is 7.23. The van der Waals surface area contributed by atoms with Gasteiger partial charge in [-0.05, 0) is 18.9 Å². The van der Waals surface area contributed by atoms with Crippen molar-refractivity contribution in [2.24, 2.45) is 11.8 Å². The number of likely N-dealkylation sites (N-methyl/N-ethyl adjacent to an activating group) is 1. The summed E-state index contributed by atoms with van der Waals surface area (Å²) in [6.45, 7) is -0.0962. The van der Waals surface area contributed by atoms with Crippen molar-refractivity contribution in [2.75, 3.05) is 20.1 Å². The van der Waals surface area contributed by atoms with Crippen LogP contribution < -0.4 is 4.90 Å². The van der Waals surface area contributed by atoms with Crippen LogP contribution in [0.3, 0.4) is 0 Å². The molecule has 0 spiro atoms. The van der Waals surface area contributed by atoms with Crippen molar-refractivity contribution in [3.63, 3.8) is 0 Å². The summed E-state index contributed by atoms with van der Waals surface area (Å²) in [5.41, 5.74) is -3.84. The van der Waals surface area contributed by atoms with E-state index in [0.717, 1.165) is 6.08 Å². The zero-order valence-electron chi connectivity index (χ0n) is 13.4. The molecule has 1 N–H and O–H groups in total. The predicted octanol–water partition coefficient (Wildman–Crippen LogP) is -0.940. The van der Waals surface area contributed by atoms with E-state index in [4.69, 9.17) is 0 Å². The van der Waals surface area contributed by atoms with E-state index in [-0.39, 0.29) is 25.3 Å². The van der Waals surface area contributed by atoms with Crippen molar-refractivity contribution >= 4 is 11.6 Å². The van der Waals surface area contributed by atoms with Crippen LogP contribution in [0.5, 0.6) is 0 Å². The summed E-state index contributed by atoms with van der Waals surface area (Å²) < 4.78 is 0. The molecular formula is C15H20N3O6+. The zero-order valence-corrected chi connectivity index (χ0v) is 13.4. The minimum Gasteiger partial charge on any atom is -0.325 e. The number of hydrogen-bond acceptors (Lipinski definition) is 6. The Morgan fingerprint density at radius 3 is 2.46 bits per heavy atom. The molecule has 0 amide bonds. The van der Waals surface area contributed by atoms with Gasteiger partial charge in [-0.25, -0.2) is 0 Å². The molecule has 3 rings (SSSR count). The van der Waals surface area contributed by atoms with Crippen LogP contribution in [0.25, 0.3) is 0 Å². The summed E-state index contributed by atoms with van der Waals surface area (Å²) >= 11 is 0. The van der Waals surface area contributed by atoms with Gasteiger partial charge in [-0.3, -0.25) is 29.8 Å². The first-order valence-corrected chi connectivity index (χ1v) is 8.12. The molecule has 9 nitrogen and oxygen atoms in total. The third-order valence-corrected chi connectivity index (χ3v) is 5.83. The van der Waals surface area contributed by atoms with E-state index < -0.39 is 38.5 Å². The molecule has 3 aliphatic rings. The first-order valence-electron chi connectivity index (χ1n) is 8.12. The molecule has 5 atom stereocenters. The molecule has 9 heteroatoms. The Hall–Kier alpha value is -2.16. The summed E-state index contributed by atoms with van der Waals surface area (Å²) in [6, 6.07) is 0. The van der Waals surface area contributed by atoms with E-state index in [2.05, 4.69) is 0 Å².